The highest BCUT2D eigenvalue weighted by molar-refractivity contribution is 5.43. The normalized spacial score (nSPS) is 13.1. The van der Waals surface area contributed by atoms with Crippen LogP contribution in [0.4, 0.5) is 13.2 Å². The molecule has 1 unspecified atom stereocenters. The molecular weight excluding hydrogens is 271 g/mol. The molecule has 0 saturated carbocycles. The minimum Gasteiger partial charge on any atom is -0.490 e. The Balaban J connectivity index is 2.73. The largest absolute Gasteiger partial charge is 0.490 e. The van der Waals surface area contributed by atoms with Gasteiger partial charge in [-0.1, -0.05) is 6.07 Å². The van der Waals surface area contributed by atoms with Crippen molar-refractivity contribution in [2.24, 2.45) is 5.73 Å². The first kappa shape index (κ1) is 16.6. The Morgan fingerprint density at radius 2 is 1.90 bits per heavy atom. The number of halogens is 3. The molecule has 0 aliphatic heterocycles. The van der Waals surface area contributed by atoms with E-state index < -0.39 is 19.2 Å². The van der Waals surface area contributed by atoms with Crippen LogP contribution in [0.25, 0.3) is 0 Å². The van der Waals surface area contributed by atoms with E-state index in [-0.39, 0.29) is 6.04 Å². The topological polar surface area (TPSA) is 44.5 Å². The summed E-state index contributed by atoms with van der Waals surface area (Å²) in [5.41, 5.74) is 6.68. The summed E-state index contributed by atoms with van der Waals surface area (Å²) in [6.07, 6.45) is -4.54. The number of ether oxygens (including phenoxy) is 2. The summed E-state index contributed by atoms with van der Waals surface area (Å²) in [6, 6.07) is 5.17. The van der Waals surface area contributed by atoms with Crippen molar-refractivity contribution in [1.82, 2.24) is 0 Å². The van der Waals surface area contributed by atoms with Gasteiger partial charge in [-0.05, 0) is 38.0 Å². The van der Waals surface area contributed by atoms with Crippen LogP contribution in [0.1, 0.15) is 25.8 Å². The van der Waals surface area contributed by atoms with Crippen molar-refractivity contribution in [1.29, 1.82) is 0 Å². The molecule has 1 rings (SSSR count). The summed E-state index contributed by atoms with van der Waals surface area (Å²) in [6.45, 7) is 3.68. The number of hydrogen-bond acceptors (Lipinski definition) is 3. The van der Waals surface area contributed by atoms with E-state index in [9.17, 15) is 13.2 Å². The lowest BCUT2D eigenvalue weighted by Crippen LogP contribution is -2.18. The molecule has 0 saturated heterocycles. The molecule has 6 heteroatoms. The maximum absolute atomic E-state index is 12.1. The fourth-order valence-electron chi connectivity index (χ4n) is 1.72. The minimum absolute atomic E-state index is 0.00137. The summed E-state index contributed by atoms with van der Waals surface area (Å²) < 4.78 is 46.8. The molecule has 0 aliphatic carbocycles. The van der Waals surface area contributed by atoms with Gasteiger partial charge >= 0.3 is 6.18 Å². The molecule has 0 bridgehead atoms. The van der Waals surface area contributed by atoms with Crippen molar-refractivity contribution < 1.29 is 22.6 Å². The third-order valence-corrected chi connectivity index (χ3v) is 2.51. The van der Waals surface area contributed by atoms with E-state index in [4.69, 9.17) is 15.2 Å². The van der Waals surface area contributed by atoms with E-state index in [1.807, 2.05) is 6.92 Å². The third kappa shape index (κ3) is 6.14. The van der Waals surface area contributed by atoms with Gasteiger partial charge in [-0.3, -0.25) is 0 Å². The number of nitrogens with two attached hydrogens (primary N) is 1. The molecule has 114 valence electrons. The molecule has 0 radical (unpaired) electrons. The predicted octanol–water partition coefficient (Wildman–Crippen LogP) is 3.31. The van der Waals surface area contributed by atoms with Gasteiger partial charge in [0.05, 0.1) is 19.6 Å². The van der Waals surface area contributed by atoms with Crippen LogP contribution in [0.3, 0.4) is 0 Å². The second-order valence-electron chi connectivity index (χ2n) is 4.61. The Labute approximate surface area is 116 Å². The first-order chi connectivity index (χ1) is 9.31. The summed E-state index contributed by atoms with van der Waals surface area (Å²) in [4.78, 5) is 0. The smallest absolute Gasteiger partial charge is 0.392 e. The lowest BCUT2D eigenvalue weighted by molar-refractivity contribution is -0.139. The molecule has 0 spiro atoms. The first-order valence-electron chi connectivity index (χ1n) is 6.52. The molecular formula is C14H20F3NO2. The van der Waals surface area contributed by atoms with Crippen LogP contribution >= 0.6 is 0 Å². The van der Waals surface area contributed by atoms with E-state index in [2.05, 4.69) is 0 Å². The van der Waals surface area contributed by atoms with Gasteiger partial charge in [0.15, 0.2) is 11.5 Å². The van der Waals surface area contributed by atoms with E-state index in [0.717, 1.165) is 5.56 Å². The van der Waals surface area contributed by atoms with E-state index in [0.29, 0.717) is 24.5 Å². The van der Waals surface area contributed by atoms with Crippen LogP contribution in [-0.4, -0.2) is 25.4 Å². The monoisotopic (exact) mass is 291 g/mol. The van der Waals surface area contributed by atoms with Crippen LogP contribution in [-0.2, 0) is 6.42 Å². The predicted molar refractivity (Wildman–Crippen MR) is 71.1 cm³/mol. The quantitative estimate of drug-likeness (QED) is 0.838. The molecule has 0 aliphatic rings. The maximum Gasteiger partial charge on any atom is 0.392 e. The fraction of sp³-hybridized carbons (Fsp3) is 0.571. The van der Waals surface area contributed by atoms with Crippen LogP contribution in [0, 0.1) is 0 Å². The average Bonchev–Trinajstić information content (AvgIpc) is 2.30. The molecule has 1 aromatic carbocycles. The number of benzene rings is 1. The first-order valence-corrected chi connectivity index (χ1v) is 6.52. The zero-order valence-electron chi connectivity index (χ0n) is 11.7. The minimum atomic E-state index is -4.22. The average molecular weight is 291 g/mol. The SMILES string of the molecule is CCOc1cc(CC(C)N)ccc1OCCC(F)(F)F. The van der Waals surface area contributed by atoms with Gasteiger partial charge < -0.3 is 15.2 Å². The maximum atomic E-state index is 12.1. The fourth-order valence-corrected chi connectivity index (χ4v) is 1.72. The van der Waals surface area contributed by atoms with Crippen LogP contribution in [0.5, 0.6) is 11.5 Å². The zero-order chi connectivity index (χ0) is 15.2. The number of rotatable bonds is 7. The Morgan fingerprint density at radius 3 is 2.45 bits per heavy atom. The van der Waals surface area contributed by atoms with Gasteiger partial charge in [0.25, 0.3) is 0 Å². The third-order valence-electron chi connectivity index (χ3n) is 2.51. The standard InChI is InChI=1S/C14H20F3NO2/c1-3-19-13-9-11(8-10(2)18)4-5-12(13)20-7-6-14(15,16)17/h4-5,9-10H,3,6-8,18H2,1-2H3. The highest BCUT2D eigenvalue weighted by Crippen LogP contribution is 2.30. The summed E-state index contributed by atoms with van der Waals surface area (Å²) in [7, 11) is 0. The summed E-state index contributed by atoms with van der Waals surface area (Å²) in [5.74, 6) is 0.775. The van der Waals surface area contributed by atoms with E-state index >= 15 is 0 Å². The Kier molecular flexibility index (Phi) is 6.13. The molecule has 0 aromatic heterocycles. The van der Waals surface area contributed by atoms with Crippen molar-refractivity contribution in [3.05, 3.63) is 23.8 Å². The van der Waals surface area contributed by atoms with Gasteiger partial charge in [0.2, 0.25) is 0 Å². The van der Waals surface area contributed by atoms with E-state index in [1.165, 1.54) is 0 Å². The molecule has 0 fully saturated rings. The van der Waals surface area contributed by atoms with Crippen molar-refractivity contribution in [2.45, 2.75) is 38.9 Å². The lowest BCUT2D eigenvalue weighted by atomic mass is 10.1. The van der Waals surface area contributed by atoms with Crippen LogP contribution in [0.15, 0.2) is 18.2 Å². The van der Waals surface area contributed by atoms with Gasteiger partial charge in [-0.25, -0.2) is 0 Å². The summed E-state index contributed by atoms with van der Waals surface area (Å²) in [5, 5.41) is 0. The van der Waals surface area contributed by atoms with Crippen LogP contribution < -0.4 is 15.2 Å². The number of hydrogen-bond donors (Lipinski definition) is 1. The Morgan fingerprint density at radius 1 is 1.20 bits per heavy atom. The van der Waals surface area contributed by atoms with Crippen molar-refractivity contribution in [2.75, 3.05) is 13.2 Å². The van der Waals surface area contributed by atoms with Crippen molar-refractivity contribution >= 4 is 0 Å². The molecule has 1 atom stereocenters. The molecule has 0 amide bonds. The molecule has 2 N–H and O–H groups in total. The van der Waals surface area contributed by atoms with Gasteiger partial charge in [0.1, 0.15) is 0 Å². The van der Waals surface area contributed by atoms with Gasteiger partial charge in [-0.15, -0.1) is 0 Å². The second-order valence-corrected chi connectivity index (χ2v) is 4.61. The lowest BCUT2D eigenvalue weighted by Gasteiger charge is -2.14. The van der Waals surface area contributed by atoms with Crippen LogP contribution in [0.2, 0.25) is 0 Å². The molecule has 1 aromatic rings. The molecule has 3 nitrogen and oxygen atoms in total. The molecule has 20 heavy (non-hydrogen) atoms. The van der Waals surface area contributed by atoms with Gasteiger partial charge in [0, 0.05) is 6.04 Å². The highest BCUT2D eigenvalue weighted by Gasteiger charge is 2.27. The highest BCUT2D eigenvalue weighted by atomic mass is 19.4. The molecule has 0 heterocycles. The Bertz CT molecular complexity index is 419. The summed E-state index contributed by atoms with van der Waals surface area (Å²) >= 11 is 0. The van der Waals surface area contributed by atoms with Crippen molar-refractivity contribution in [3.8, 4) is 11.5 Å². The van der Waals surface area contributed by atoms with E-state index in [1.54, 1.807) is 25.1 Å². The second kappa shape index (κ2) is 7.38. The van der Waals surface area contributed by atoms with Crippen molar-refractivity contribution in [3.63, 3.8) is 0 Å². The number of alkyl halides is 3. The zero-order valence-corrected chi connectivity index (χ0v) is 11.7. The van der Waals surface area contributed by atoms with Gasteiger partial charge in [-0.2, -0.15) is 13.2 Å². The Hall–Kier alpha value is -1.43.